The van der Waals surface area contributed by atoms with Crippen LogP contribution in [-0.4, -0.2) is 40.0 Å². The molecule has 1 amide bonds. The highest BCUT2D eigenvalue weighted by Gasteiger charge is 2.37. The van der Waals surface area contributed by atoms with Crippen molar-refractivity contribution in [3.05, 3.63) is 28.5 Å². The maximum absolute atomic E-state index is 12.0. The van der Waals surface area contributed by atoms with E-state index in [1.165, 1.54) is 0 Å². The number of likely N-dealkylation sites (tertiary alicyclic amines) is 1. The highest BCUT2D eigenvalue weighted by atomic mass is 79.9. The largest absolute Gasteiger partial charge is 0.481 e. The van der Waals surface area contributed by atoms with Crippen LogP contribution in [-0.2, 0) is 4.79 Å². The zero-order chi connectivity index (χ0) is 13.3. The minimum atomic E-state index is -0.812. The van der Waals surface area contributed by atoms with Crippen molar-refractivity contribution < 1.29 is 14.7 Å². The Morgan fingerprint density at radius 1 is 1.50 bits per heavy atom. The number of nitrogens with zero attached hydrogens (tertiary/aromatic N) is 2. The lowest BCUT2D eigenvalue weighted by molar-refractivity contribution is -0.144. The van der Waals surface area contributed by atoms with Crippen molar-refractivity contribution >= 4 is 27.8 Å². The number of aliphatic carboxylic acids is 1. The quantitative estimate of drug-likeness (QED) is 0.861. The predicted octanol–water partition coefficient (Wildman–Crippen LogP) is 1.64. The van der Waals surface area contributed by atoms with E-state index in [2.05, 4.69) is 20.9 Å². The molecule has 0 saturated carbocycles. The first-order chi connectivity index (χ1) is 8.49. The van der Waals surface area contributed by atoms with Gasteiger partial charge >= 0.3 is 5.97 Å². The molecule has 1 aromatic heterocycles. The Balaban J connectivity index is 1.96. The van der Waals surface area contributed by atoms with Crippen molar-refractivity contribution in [3.63, 3.8) is 0 Å². The van der Waals surface area contributed by atoms with Crippen LogP contribution in [0.2, 0.25) is 0 Å². The maximum Gasteiger partial charge on any atom is 0.306 e. The molecule has 2 heterocycles. The Morgan fingerprint density at radius 3 is 2.72 bits per heavy atom. The number of carboxylic acids is 1. The average Bonchev–Trinajstić information content (AvgIpc) is 2.26. The Labute approximate surface area is 113 Å². The van der Waals surface area contributed by atoms with Gasteiger partial charge in [0.2, 0.25) is 0 Å². The highest BCUT2D eigenvalue weighted by Crippen LogP contribution is 2.25. The van der Waals surface area contributed by atoms with Gasteiger partial charge < -0.3 is 10.0 Å². The summed E-state index contributed by atoms with van der Waals surface area (Å²) in [6.07, 6.45) is 0. The number of amides is 1. The monoisotopic (exact) mass is 312 g/mol. The van der Waals surface area contributed by atoms with Crippen LogP contribution in [0, 0.1) is 11.8 Å². The first-order valence-corrected chi connectivity index (χ1v) is 6.43. The summed E-state index contributed by atoms with van der Waals surface area (Å²) in [5.74, 6) is -1.33. The standard InChI is InChI=1S/C12H13BrN2O3/c1-7(12(17)18)8-5-15(6-8)11(16)9-3-2-4-10(13)14-9/h2-4,7-8H,5-6H2,1H3,(H,17,18). The predicted molar refractivity (Wildman–Crippen MR) is 68.1 cm³/mol. The Hall–Kier alpha value is -1.43. The molecule has 0 radical (unpaired) electrons. The van der Waals surface area contributed by atoms with E-state index in [0.29, 0.717) is 23.4 Å². The number of pyridine rings is 1. The molecule has 1 saturated heterocycles. The van der Waals surface area contributed by atoms with Crippen LogP contribution < -0.4 is 0 Å². The molecular formula is C12H13BrN2O3. The van der Waals surface area contributed by atoms with E-state index < -0.39 is 11.9 Å². The van der Waals surface area contributed by atoms with E-state index in [0.717, 1.165) is 0 Å². The van der Waals surface area contributed by atoms with Gasteiger partial charge in [-0.25, -0.2) is 4.98 Å². The van der Waals surface area contributed by atoms with Crippen LogP contribution in [0.1, 0.15) is 17.4 Å². The lowest BCUT2D eigenvalue weighted by atomic mass is 9.87. The Morgan fingerprint density at radius 2 is 2.17 bits per heavy atom. The molecule has 6 heteroatoms. The van der Waals surface area contributed by atoms with Crippen LogP contribution in [0.25, 0.3) is 0 Å². The van der Waals surface area contributed by atoms with Crippen LogP contribution in [0.5, 0.6) is 0 Å². The first kappa shape index (κ1) is 13.0. The molecule has 1 aliphatic heterocycles. The summed E-state index contributed by atoms with van der Waals surface area (Å²) in [6, 6.07) is 5.16. The van der Waals surface area contributed by atoms with E-state index >= 15 is 0 Å². The van der Waals surface area contributed by atoms with Gasteiger partial charge in [-0.2, -0.15) is 0 Å². The minimum Gasteiger partial charge on any atom is -0.481 e. The number of aromatic nitrogens is 1. The summed E-state index contributed by atoms with van der Waals surface area (Å²) < 4.78 is 0.615. The second-order valence-electron chi connectivity index (χ2n) is 4.44. The molecule has 1 aromatic rings. The minimum absolute atomic E-state index is 0.0404. The van der Waals surface area contributed by atoms with Crippen molar-refractivity contribution in [1.29, 1.82) is 0 Å². The lowest BCUT2D eigenvalue weighted by Crippen LogP contribution is -2.53. The van der Waals surface area contributed by atoms with Crippen LogP contribution in [0.3, 0.4) is 0 Å². The molecule has 0 aromatic carbocycles. The fraction of sp³-hybridized carbons (Fsp3) is 0.417. The van der Waals surface area contributed by atoms with Gasteiger partial charge in [-0.05, 0) is 28.1 Å². The van der Waals surface area contributed by atoms with Crippen molar-refractivity contribution in [1.82, 2.24) is 9.88 Å². The van der Waals surface area contributed by atoms with E-state index in [1.54, 1.807) is 30.0 Å². The van der Waals surface area contributed by atoms with Gasteiger partial charge in [0, 0.05) is 19.0 Å². The number of carbonyl (C=O) groups is 2. The fourth-order valence-corrected chi connectivity index (χ4v) is 2.23. The first-order valence-electron chi connectivity index (χ1n) is 5.63. The van der Waals surface area contributed by atoms with E-state index in [4.69, 9.17) is 5.11 Å². The van der Waals surface area contributed by atoms with Crippen LogP contribution in [0.4, 0.5) is 0 Å². The molecule has 18 heavy (non-hydrogen) atoms. The third kappa shape index (κ3) is 2.53. The molecule has 2 rings (SSSR count). The molecule has 96 valence electrons. The second kappa shape index (κ2) is 5.06. The van der Waals surface area contributed by atoms with Crippen molar-refractivity contribution in [2.75, 3.05) is 13.1 Å². The highest BCUT2D eigenvalue weighted by molar-refractivity contribution is 9.10. The Bertz CT molecular complexity index is 486. The number of rotatable bonds is 3. The van der Waals surface area contributed by atoms with Gasteiger partial charge in [-0.3, -0.25) is 9.59 Å². The number of carboxylic acid groups (broad SMARTS) is 1. The maximum atomic E-state index is 12.0. The zero-order valence-electron chi connectivity index (χ0n) is 9.84. The van der Waals surface area contributed by atoms with Gasteiger partial charge in [0.25, 0.3) is 5.91 Å². The fourth-order valence-electron chi connectivity index (χ4n) is 1.89. The van der Waals surface area contributed by atoms with Gasteiger partial charge in [-0.1, -0.05) is 13.0 Å². The van der Waals surface area contributed by atoms with E-state index in [-0.39, 0.29) is 11.8 Å². The molecule has 0 aliphatic carbocycles. The van der Waals surface area contributed by atoms with Crippen molar-refractivity contribution in [2.24, 2.45) is 11.8 Å². The van der Waals surface area contributed by atoms with Gasteiger partial charge in [0.05, 0.1) is 5.92 Å². The Kier molecular flexibility index (Phi) is 3.65. The summed E-state index contributed by atoms with van der Waals surface area (Å²) in [6.45, 7) is 2.65. The number of hydrogen-bond donors (Lipinski definition) is 1. The van der Waals surface area contributed by atoms with Gasteiger partial charge in [-0.15, -0.1) is 0 Å². The lowest BCUT2D eigenvalue weighted by Gasteiger charge is -2.41. The normalized spacial score (nSPS) is 17.1. The number of halogens is 1. The summed E-state index contributed by atoms with van der Waals surface area (Å²) in [5, 5.41) is 8.87. The SMILES string of the molecule is CC(C(=O)O)C1CN(C(=O)c2cccc(Br)n2)C1. The molecule has 1 atom stereocenters. The van der Waals surface area contributed by atoms with Gasteiger partial charge in [0.1, 0.15) is 10.3 Å². The van der Waals surface area contributed by atoms with Crippen LogP contribution in [0.15, 0.2) is 22.8 Å². The molecule has 0 spiro atoms. The van der Waals surface area contributed by atoms with Crippen molar-refractivity contribution in [2.45, 2.75) is 6.92 Å². The number of hydrogen-bond acceptors (Lipinski definition) is 3. The summed E-state index contributed by atoms with van der Waals surface area (Å²) >= 11 is 3.21. The van der Waals surface area contributed by atoms with Crippen molar-refractivity contribution in [3.8, 4) is 0 Å². The number of carbonyl (C=O) groups excluding carboxylic acids is 1. The molecule has 1 aliphatic rings. The molecule has 1 fully saturated rings. The summed E-state index contributed by atoms with van der Waals surface area (Å²) in [5.41, 5.74) is 0.380. The summed E-state index contributed by atoms with van der Waals surface area (Å²) in [4.78, 5) is 28.5. The third-order valence-corrected chi connectivity index (χ3v) is 3.67. The van der Waals surface area contributed by atoms with E-state index in [1.807, 2.05) is 0 Å². The molecule has 1 unspecified atom stereocenters. The van der Waals surface area contributed by atoms with E-state index in [9.17, 15) is 9.59 Å². The van der Waals surface area contributed by atoms with Crippen LogP contribution >= 0.6 is 15.9 Å². The smallest absolute Gasteiger partial charge is 0.306 e. The van der Waals surface area contributed by atoms with Gasteiger partial charge in [0.15, 0.2) is 0 Å². The molecule has 0 bridgehead atoms. The third-order valence-electron chi connectivity index (χ3n) is 3.23. The molecule has 5 nitrogen and oxygen atoms in total. The second-order valence-corrected chi connectivity index (χ2v) is 5.26. The average molecular weight is 313 g/mol. The molecule has 1 N–H and O–H groups in total. The topological polar surface area (TPSA) is 70.5 Å². The zero-order valence-corrected chi connectivity index (χ0v) is 11.4. The summed E-state index contributed by atoms with van der Waals surface area (Å²) in [7, 11) is 0. The molecular weight excluding hydrogens is 300 g/mol.